The number of halogens is 4. The number of rotatable bonds is 6. The summed E-state index contributed by atoms with van der Waals surface area (Å²) >= 11 is 5.83. The predicted molar refractivity (Wildman–Crippen MR) is 76.9 cm³/mol. The second-order valence-electron chi connectivity index (χ2n) is 4.16. The third-order valence-electron chi connectivity index (χ3n) is 2.64. The molecular weight excluding hydrogens is 319 g/mol. The Morgan fingerprint density at radius 3 is 2.68 bits per heavy atom. The quantitative estimate of drug-likeness (QED) is 0.571. The van der Waals surface area contributed by atoms with Gasteiger partial charge in [0, 0.05) is 11.1 Å². The van der Waals surface area contributed by atoms with Gasteiger partial charge in [0.2, 0.25) is 0 Å². The second kappa shape index (κ2) is 7.70. The molecule has 0 radical (unpaired) electrons. The van der Waals surface area contributed by atoms with Crippen LogP contribution in [-0.4, -0.2) is 12.8 Å². The number of nitrogens with zero attached hydrogens (tertiary/aromatic N) is 1. The summed E-state index contributed by atoms with van der Waals surface area (Å²) in [6, 6.07) is 10.0. The predicted octanol–water partition coefficient (Wildman–Crippen LogP) is 4.63. The van der Waals surface area contributed by atoms with Crippen molar-refractivity contribution in [3.05, 3.63) is 64.4 Å². The highest BCUT2D eigenvalue weighted by atomic mass is 35.5. The maximum Gasteiger partial charge on any atom is 0.387 e. The zero-order chi connectivity index (χ0) is 15.9. The number of hydrogen-bond acceptors (Lipinski definition) is 3. The topological polar surface area (TPSA) is 30.8 Å². The monoisotopic (exact) mass is 329 g/mol. The van der Waals surface area contributed by atoms with Gasteiger partial charge in [0.1, 0.15) is 18.2 Å². The minimum Gasteiger partial charge on any atom is -0.434 e. The first-order chi connectivity index (χ1) is 10.6. The first-order valence-corrected chi connectivity index (χ1v) is 6.57. The van der Waals surface area contributed by atoms with Gasteiger partial charge in [-0.1, -0.05) is 35.0 Å². The van der Waals surface area contributed by atoms with Gasteiger partial charge >= 0.3 is 6.61 Å². The summed E-state index contributed by atoms with van der Waals surface area (Å²) in [5, 5.41) is 3.89. The third-order valence-corrected chi connectivity index (χ3v) is 2.99. The Balaban J connectivity index is 1.98. The number of alkyl halides is 2. The largest absolute Gasteiger partial charge is 0.434 e. The molecular formula is C15H11ClF3NO2. The van der Waals surface area contributed by atoms with Gasteiger partial charge in [0.25, 0.3) is 0 Å². The van der Waals surface area contributed by atoms with E-state index in [4.69, 9.17) is 16.4 Å². The Morgan fingerprint density at radius 2 is 1.95 bits per heavy atom. The highest BCUT2D eigenvalue weighted by Gasteiger charge is 2.07. The fourth-order valence-corrected chi connectivity index (χ4v) is 1.85. The van der Waals surface area contributed by atoms with Gasteiger partial charge in [-0.3, -0.25) is 0 Å². The van der Waals surface area contributed by atoms with Gasteiger partial charge in [-0.05, 0) is 24.3 Å². The first-order valence-electron chi connectivity index (χ1n) is 6.19. The zero-order valence-corrected chi connectivity index (χ0v) is 11.9. The molecule has 0 N–H and O–H groups in total. The van der Waals surface area contributed by atoms with Crippen LogP contribution in [0.5, 0.6) is 5.75 Å². The van der Waals surface area contributed by atoms with E-state index in [0.717, 1.165) is 6.07 Å². The molecule has 0 aliphatic carbocycles. The smallest absolute Gasteiger partial charge is 0.387 e. The summed E-state index contributed by atoms with van der Waals surface area (Å²) in [6.45, 7) is -2.90. The number of para-hydroxylation sites is 1. The molecule has 0 spiro atoms. The van der Waals surface area contributed by atoms with Gasteiger partial charge in [0.05, 0.1) is 11.2 Å². The van der Waals surface area contributed by atoms with Crippen LogP contribution in [0.15, 0.2) is 47.6 Å². The molecule has 2 rings (SSSR count). The molecule has 0 saturated heterocycles. The molecule has 116 valence electrons. The van der Waals surface area contributed by atoms with E-state index in [1.54, 1.807) is 18.2 Å². The average molecular weight is 330 g/mol. The SMILES string of the molecule is Fc1ccc(CO/N=C/c2ccccc2OC(F)F)c(Cl)c1. The van der Waals surface area contributed by atoms with Gasteiger partial charge in [-0.25, -0.2) is 4.39 Å². The lowest BCUT2D eigenvalue weighted by atomic mass is 10.2. The van der Waals surface area contributed by atoms with E-state index in [9.17, 15) is 13.2 Å². The molecule has 7 heteroatoms. The maximum atomic E-state index is 12.9. The van der Waals surface area contributed by atoms with E-state index in [1.165, 1.54) is 24.4 Å². The molecule has 0 aliphatic heterocycles. The second-order valence-corrected chi connectivity index (χ2v) is 4.57. The summed E-state index contributed by atoms with van der Waals surface area (Å²) in [6.07, 6.45) is 1.25. The molecule has 0 aromatic heterocycles. The number of oxime groups is 1. The van der Waals surface area contributed by atoms with Crippen molar-refractivity contribution >= 4 is 17.8 Å². The fraction of sp³-hybridized carbons (Fsp3) is 0.133. The molecule has 0 fully saturated rings. The van der Waals surface area contributed by atoms with Crippen LogP contribution >= 0.6 is 11.6 Å². The van der Waals surface area contributed by atoms with E-state index >= 15 is 0 Å². The van der Waals surface area contributed by atoms with E-state index in [1.807, 2.05) is 0 Å². The third kappa shape index (κ3) is 4.66. The first kappa shape index (κ1) is 16.2. The van der Waals surface area contributed by atoms with Crippen LogP contribution < -0.4 is 4.74 Å². The lowest BCUT2D eigenvalue weighted by Gasteiger charge is -2.07. The van der Waals surface area contributed by atoms with E-state index in [0.29, 0.717) is 11.1 Å². The Bertz CT molecular complexity index is 665. The van der Waals surface area contributed by atoms with Crippen LogP contribution in [0.3, 0.4) is 0 Å². The van der Waals surface area contributed by atoms with Gasteiger partial charge in [-0.2, -0.15) is 8.78 Å². The highest BCUT2D eigenvalue weighted by Crippen LogP contribution is 2.20. The molecule has 2 aromatic carbocycles. The van der Waals surface area contributed by atoms with Crippen molar-refractivity contribution < 1.29 is 22.7 Å². The Morgan fingerprint density at radius 1 is 1.18 bits per heavy atom. The summed E-state index contributed by atoms with van der Waals surface area (Å²) in [5.41, 5.74) is 0.894. The lowest BCUT2D eigenvalue weighted by Crippen LogP contribution is -2.04. The summed E-state index contributed by atoms with van der Waals surface area (Å²) < 4.78 is 41.7. The maximum absolute atomic E-state index is 12.9. The Labute approximate surface area is 129 Å². The van der Waals surface area contributed by atoms with Crippen molar-refractivity contribution in [2.45, 2.75) is 13.2 Å². The van der Waals surface area contributed by atoms with Crippen molar-refractivity contribution in [2.75, 3.05) is 0 Å². The van der Waals surface area contributed by atoms with E-state index in [-0.39, 0.29) is 17.4 Å². The fourth-order valence-electron chi connectivity index (χ4n) is 1.63. The van der Waals surface area contributed by atoms with Gasteiger partial charge in [-0.15, -0.1) is 0 Å². The van der Waals surface area contributed by atoms with Crippen molar-refractivity contribution in [3.63, 3.8) is 0 Å². The molecule has 2 aromatic rings. The minimum atomic E-state index is -2.92. The number of hydrogen-bond donors (Lipinski definition) is 0. The summed E-state index contributed by atoms with van der Waals surface area (Å²) in [4.78, 5) is 5.02. The van der Waals surface area contributed by atoms with Crippen LogP contribution in [0.4, 0.5) is 13.2 Å². The van der Waals surface area contributed by atoms with Crippen LogP contribution in [0.1, 0.15) is 11.1 Å². The number of ether oxygens (including phenoxy) is 1. The molecule has 22 heavy (non-hydrogen) atoms. The van der Waals surface area contributed by atoms with E-state index < -0.39 is 12.4 Å². The van der Waals surface area contributed by atoms with Crippen LogP contribution in [0.2, 0.25) is 5.02 Å². The van der Waals surface area contributed by atoms with Crippen LogP contribution in [0.25, 0.3) is 0 Å². The molecule has 0 saturated carbocycles. The molecule has 0 aliphatic rings. The summed E-state index contributed by atoms with van der Waals surface area (Å²) in [7, 11) is 0. The van der Waals surface area contributed by atoms with Gasteiger partial charge < -0.3 is 9.57 Å². The molecule has 0 bridgehead atoms. The number of benzene rings is 2. The lowest BCUT2D eigenvalue weighted by molar-refractivity contribution is -0.0499. The Kier molecular flexibility index (Phi) is 5.66. The minimum absolute atomic E-state index is 0.00957. The standard InChI is InChI=1S/C15H11ClF3NO2/c16-13-7-12(17)6-5-11(13)9-21-20-8-10-3-1-2-4-14(10)22-15(18)19/h1-8,15H,9H2/b20-8+. The normalized spacial score (nSPS) is 11.1. The molecule has 3 nitrogen and oxygen atoms in total. The van der Waals surface area contributed by atoms with Crippen molar-refractivity contribution in [1.29, 1.82) is 0 Å². The van der Waals surface area contributed by atoms with Crippen molar-refractivity contribution in [3.8, 4) is 5.75 Å². The summed E-state index contributed by atoms with van der Waals surface area (Å²) in [5.74, 6) is -0.458. The average Bonchev–Trinajstić information content (AvgIpc) is 2.46. The van der Waals surface area contributed by atoms with Crippen LogP contribution in [-0.2, 0) is 11.4 Å². The molecule has 0 atom stereocenters. The van der Waals surface area contributed by atoms with Crippen molar-refractivity contribution in [1.82, 2.24) is 0 Å². The highest BCUT2D eigenvalue weighted by molar-refractivity contribution is 6.31. The van der Waals surface area contributed by atoms with Crippen molar-refractivity contribution in [2.24, 2.45) is 5.16 Å². The van der Waals surface area contributed by atoms with Gasteiger partial charge in [0.15, 0.2) is 0 Å². The van der Waals surface area contributed by atoms with E-state index in [2.05, 4.69) is 9.89 Å². The molecule has 0 heterocycles. The zero-order valence-electron chi connectivity index (χ0n) is 11.2. The Hall–Kier alpha value is -2.21. The van der Waals surface area contributed by atoms with Crippen LogP contribution in [0, 0.1) is 5.82 Å². The molecule has 0 amide bonds. The molecule has 0 unspecified atom stereocenters.